The topological polar surface area (TPSA) is 101 Å². The van der Waals surface area contributed by atoms with Crippen LogP contribution in [0.4, 0.5) is 9.93 Å². The van der Waals surface area contributed by atoms with Crippen molar-refractivity contribution in [1.29, 1.82) is 0 Å². The van der Waals surface area contributed by atoms with Crippen molar-refractivity contribution in [2.45, 2.75) is 39.3 Å². The number of anilines is 1. The number of hydrogen-bond acceptors (Lipinski definition) is 6. The van der Waals surface area contributed by atoms with Gasteiger partial charge in [0.25, 0.3) is 5.91 Å². The summed E-state index contributed by atoms with van der Waals surface area (Å²) in [7, 11) is 0. The molecule has 0 fully saturated rings. The minimum atomic E-state index is -0.557. The third-order valence-corrected chi connectivity index (χ3v) is 6.29. The van der Waals surface area contributed by atoms with E-state index < -0.39 is 5.60 Å². The summed E-state index contributed by atoms with van der Waals surface area (Å²) in [5, 5.41) is 5.83. The molecule has 2 N–H and O–H groups in total. The van der Waals surface area contributed by atoms with Gasteiger partial charge in [-0.15, -0.1) is 0 Å². The van der Waals surface area contributed by atoms with Gasteiger partial charge in [0.15, 0.2) is 5.13 Å². The van der Waals surface area contributed by atoms with Crippen LogP contribution in [-0.2, 0) is 22.5 Å². The molecule has 2 aromatic carbocycles. The lowest BCUT2D eigenvalue weighted by molar-refractivity contribution is -0.115. The second kappa shape index (κ2) is 10.3. The Morgan fingerprint density at radius 3 is 2.40 bits per heavy atom. The van der Waals surface area contributed by atoms with Crippen molar-refractivity contribution in [3.05, 3.63) is 70.7 Å². The Kier molecular flexibility index (Phi) is 7.16. The van der Waals surface area contributed by atoms with Gasteiger partial charge in [0, 0.05) is 23.4 Å². The zero-order valence-corrected chi connectivity index (χ0v) is 20.8. The first-order chi connectivity index (χ1) is 16.7. The number of benzene rings is 2. The van der Waals surface area contributed by atoms with Crippen LogP contribution >= 0.6 is 11.3 Å². The van der Waals surface area contributed by atoms with Crippen molar-refractivity contribution >= 4 is 34.4 Å². The molecule has 0 atom stereocenters. The molecule has 1 aromatic heterocycles. The lowest BCUT2D eigenvalue weighted by atomic mass is 10.0. The van der Waals surface area contributed by atoms with Crippen LogP contribution in [0.5, 0.6) is 0 Å². The van der Waals surface area contributed by atoms with Gasteiger partial charge in [0.2, 0.25) is 5.91 Å². The van der Waals surface area contributed by atoms with Crippen LogP contribution in [0.3, 0.4) is 0 Å². The molecule has 3 aromatic rings. The van der Waals surface area contributed by atoms with Gasteiger partial charge in [0.05, 0.1) is 18.8 Å². The molecule has 0 spiro atoms. The zero-order chi connectivity index (χ0) is 25.0. The number of fused-ring (bicyclic) bond motifs is 1. The first kappa shape index (κ1) is 24.4. The summed E-state index contributed by atoms with van der Waals surface area (Å²) in [5.41, 5.74) is 2.87. The van der Waals surface area contributed by atoms with E-state index >= 15 is 0 Å². The van der Waals surface area contributed by atoms with E-state index in [2.05, 4.69) is 15.6 Å². The Hall–Kier alpha value is -3.72. The van der Waals surface area contributed by atoms with Crippen LogP contribution in [0.25, 0.3) is 11.1 Å². The molecule has 9 heteroatoms. The molecule has 0 unspecified atom stereocenters. The quantitative estimate of drug-likeness (QED) is 0.547. The highest BCUT2D eigenvalue weighted by molar-refractivity contribution is 7.15. The van der Waals surface area contributed by atoms with Crippen molar-refractivity contribution in [3.8, 4) is 11.1 Å². The molecule has 1 aliphatic rings. The Balaban J connectivity index is 1.28. The average molecular weight is 493 g/mol. The van der Waals surface area contributed by atoms with E-state index in [0.29, 0.717) is 30.2 Å². The second-order valence-electron chi connectivity index (χ2n) is 9.22. The van der Waals surface area contributed by atoms with E-state index in [1.54, 1.807) is 17.0 Å². The number of carbonyl (C=O) groups is 3. The number of rotatable bonds is 5. The Morgan fingerprint density at radius 1 is 1.03 bits per heavy atom. The highest BCUT2D eigenvalue weighted by Gasteiger charge is 2.28. The molecule has 0 radical (unpaired) electrons. The molecule has 8 nitrogen and oxygen atoms in total. The number of nitrogens with zero attached hydrogens (tertiary/aromatic N) is 2. The van der Waals surface area contributed by atoms with Crippen LogP contribution in [-0.4, -0.2) is 46.5 Å². The van der Waals surface area contributed by atoms with Crippen molar-refractivity contribution in [2.24, 2.45) is 0 Å². The van der Waals surface area contributed by atoms with Crippen LogP contribution in [0.2, 0.25) is 0 Å². The number of hydrogen-bond donors (Lipinski definition) is 2. The van der Waals surface area contributed by atoms with E-state index in [-0.39, 0.29) is 24.5 Å². The van der Waals surface area contributed by atoms with Crippen LogP contribution in [0.1, 0.15) is 41.7 Å². The van der Waals surface area contributed by atoms with E-state index in [9.17, 15) is 14.4 Å². The Labute approximate surface area is 208 Å². The lowest BCUT2D eigenvalue weighted by Gasteiger charge is -2.29. The molecular formula is C26H28N4O4S. The summed E-state index contributed by atoms with van der Waals surface area (Å²) < 4.78 is 5.44. The Bertz CT molecular complexity index is 1220. The van der Waals surface area contributed by atoms with Gasteiger partial charge < -0.3 is 20.3 Å². The van der Waals surface area contributed by atoms with E-state index in [0.717, 1.165) is 21.7 Å². The van der Waals surface area contributed by atoms with Gasteiger partial charge in [-0.3, -0.25) is 9.59 Å². The normalized spacial score (nSPS) is 13.1. The molecule has 0 bridgehead atoms. The monoisotopic (exact) mass is 492 g/mol. The number of nitrogens with one attached hydrogen (secondary N) is 2. The van der Waals surface area contributed by atoms with Crippen molar-refractivity contribution < 1.29 is 19.1 Å². The van der Waals surface area contributed by atoms with E-state index in [1.165, 1.54) is 11.3 Å². The third kappa shape index (κ3) is 6.45. The minimum absolute atomic E-state index is 0.173. The first-order valence-electron chi connectivity index (χ1n) is 11.4. The highest BCUT2D eigenvalue weighted by Crippen LogP contribution is 2.29. The second-order valence-corrected chi connectivity index (χ2v) is 10.3. The number of carbonyl (C=O) groups excluding carboxylic acids is 3. The summed E-state index contributed by atoms with van der Waals surface area (Å²) >= 11 is 1.33. The van der Waals surface area contributed by atoms with Crippen LogP contribution < -0.4 is 10.6 Å². The average Bonchev–Trinajstić information content (AvgIpc) is 3.23. The summed E-state index contributed by atoms with van der Waals surface area (Å²) in [6, 6.07) is 17.1. The van der Waals surface area contributed by atoms with Crippen LogP contribution in [0.15, 0.2) is 54.6 Å². The fourth-order valence-electron chi connectivity index (χ4n) is 3.60. The SMILES string of the molecule is CC(C)(C)OC(=O)N1CCc2nc(NC(=O)CNC(=O)c3ccc(-c4ccccc4)cc3)sc2C1. The fraction of sp³-hybridized carbons (Fsp3) is 0.308. The smallest absolute Gasteiger partial charge is 0.410 e. The van der Waals surface area contributed by atoms with Crippen molar-refractivity contribution in [3.63, 3.8) is 0 Å². The summed E-state index contributed by atoms with van der Waals surface area (Å²) in [4.78, 5) is 44.2. The predicted octanol–water partition coefficient (Wildman–Crippen LogP) is 4.47. The summed E-state index contributed by atoms with van der Waals surface area (Å²) in [5.74, 6) is -0.694. The van der Waals surface area contributed by atoms with E-state index in [4.69, 9.17) is 4.74 Å². The third-order valence-electron chi connectivity index (χ3n) is 5.29. The molecule has 182 valence electrons. The predicted molar refractivity (Wildman–Crippen MR) is 135 cm³/mol. The molecule has 0 saturated carbocycles. The molecule has 0 aliphatic carbocycles. The van der Waals surface area contributed by atoms with Gasteiger partial charge in [-0.2, -0.15) is 0 Å². The van der Waals surface area contributed by atoms with Crippen LogP contribution in [0, 0.1) is 0 Å². The molecule has 4 rings (SSSR count). The lowest BCUT2D eigenvalue weighted by Crippen LogP contribution is -2.39. The van der Waals surface area contributed by atoms with Crippen molar-refractivity contribution in [1.82, 2.24) is 15.2 Å². The highest BCUT2D eigenvalue weighted by atomic mass is 32.1. The van der Waals surface area contributed by atoms with E-state index in [1.807, 2.05) is 63.2 Å². The molecule has 1 aliphatic heterocycles. The maximum absolute atomic E-state index is 12.5. The first-order valence-corrected chi connectivity index (χ1v) is 12.2. The summed E-state index contributed by atoms with van der Waals surface area (Å²) in [6.07, 6.45) is 0.234. The standard InChI is InChI=1S/C26H28N4O4S/c1-26(2,3)34-25(33)30-14-13-20-21(16-30)35-24(28-20)29-22(31)15-27-23(32)19-11-9-18(10-12-19)17-7-5-4-6-8-17/h4-12H,13-16H2,1-3H3,(H,27,32)(H,28,29,31). The van der Waals surface area contributed by atoms with Gasteiger partial charge >= 0.3 is 6.09 Å². The maximum atomic E-state index is 12.5. The van der Waals surface area contributed by atoms with Gasteiger partial charge in [-0.05, 0) is 44.0 Å². The minimum Gasteiger partial charge on any atom is -0.444 e. The van der Waals surface area contributed by atoms with Gasteiger partial charge in [-0.25, -0.2) is 9.78 Å². The Morgan fingerprint density at radius 2 is 1.71 bits per heavy atom. The zero-order valence-electron chi connectivity index (χ0n) is 20.0. The van der Waals surface area contributed by atoms with Gasteiger partial charge in [0.1, 0.15) is 5.60 Å². The molecule has 3 amide bonds. The molecule has 2 heterocycles. The largest absolute Gasteiger partial charge is 0.444 e. The molecule has 35 heavy (non-hydrogen) atoms. The number of aromatic nitrogens is 1. The maximum Gasteiger partial charge on any atom is 0.410 e. The summed E-state index contributed by atoms with van der Waals surface area (Å²) in [6.45, 7) is 6.23. The fourth-order valence-corrected chi connectivity index (χ4v) is 4.64. The van der Waals surface area contributed by atoms with Gasteiger partial charge in [-0.1, -0.05) is 53.8 Å². The number of thiazole rings is 1. The molecular weight excluding hydrogens is 464 g/mol. The molecule has 0 saturated heterocycles. The van der Waals surface area contributed by atoms with Crippen molar-refractivity contribution in [2.75, 3.05) is 18.4 Å². The number of ether oxygens (including phenoxy) is 1. The number of amides is 3.